The highest BCUT2D eigenvalue weighted by Gasteiger charge is 2.34. The normalized spacial score (nSPS) is 25.8. The van der Waals surface area contributed by atoms with Crippen LogP contribution >= 0.6 is 11.6 Å². The molecule has 2 unspecified atom stereocenters. The Hall–Kier alpha value is -1.60. The maximum atomic E-state index is 11.6. The van der Waals surface area contributed by atoms with Gasteiger partial charge in [0.2, 0.25) is 5.89 Å². The molecule has 2 aliphatic heterocycles. The van der Waals surface area contributed by atoms with Crippen molar-refractivity contribution in [3.63, 3.8) is 0 Å². The third kappa shape index (κ3) is 2.95. The smallest absolute Gasteiger partial charge is 0.233 e. The van der Waals surface area contributed by atoms with Crippen LogP contribution in [0.15, 0.2) is 22.7 Å². The number of sulfone groups is 1. The molecule has 0 saturated carbocycles. The van der Waals surface area contributed by atoms with Crippen molar-refractivity contribution in [3.05, 3.63) is 40.5 Å². The molecule has 0 radical (unpaired) electrons. The quantitative estimate of drug-likeness (QED) is 0.823. The number of hydrogen-bond acceptors (Lipinski definition) is 6. The summed E-state index contributed by atoms with van der Waals surface area (Å²) in [6, 6.07) is 5.53. The number of nitrogens with zero attached hydrogens (tertiary/aromatic N) is 2. The topological polar surface area (TPSA) is 82.3 Å². The van der Waals surface area contributed by atoms with Crippen molar-refractivity contribution in [2.75, 3.05) is 18.1 Å². The molecule has 0 bridgehead atoms. The first-order valence-corrected chi connectivity index (χ1v) is 9.65. The summed E-state index contributed by atoms with van der Waals surface area (Å²) in [4.78, 5) is 4.42. The predicted octanol–water partition coefficient (Wildman–Crippen LogP) is 2.34. The number of aromatic nitrogens is 2. The lowest BCUT2D eigenvalue weighted by atomic mass is 9.96. The fraction of sp³-hybridized carbons (Fsp3) is 0.467. The predicted molar refractivity (Wildman–Crippen MR) is 83.7 cm³/mol. The molecule has 8 heteroatoms. The number of benzene rings is 1. The second-order valence-corrected chi connectivity index (χ2v) is 8.72. The van der Waals surface area contributed by atoms with Gasteiger partial charge in [-0.25, -0.2) is 8.42 Å². The van der Waals surface area contributed by atoms with Gasteiger partial charge in [0.15, 0.2) is 15.7 Å². The second kappa shape index (κ2) is 5.49. The molecular formula is C15H15ClN2O4S. The van der Waals surface area contributed by atoms with Gasteiger partial charge in [0.05, 0.1) is 17.4 Å². The van der Waals surface area contributed by atoms with Crippen LogP contribution in [0.4, 0.5) is 0 Å². The van der Waals surface area contributed by atoms with Crippen molar-refractivity contribution in [2.24, 2.45) is 0 Å². The highest BCUT2D eigenvalue weighted by Crippen LogP contribution is 2.34. The third-order valence-corrected chi connectivity index (χ3v) is 6.34. The lowest BCUT2D eigenvalue weighted by Crippen LogP contribution is -2.19. The van der Waals surface area contributed by atoms with Crippen molar-refractivity contribution in [2.45, 2.75) is 24.7 Å². The lowest BCUT2D eigenvalue weighted by Gasteiger charge is -2.22. The van der Waals surface area contributed by atoms with Gasteiger partial charge in [-0.1, -0.05) is 16.8 Å². The molecule has 6 nitrogen and oxygen atoms in total. The number of fused-ring (bicyclic) bond motifs is 1. The average molecular weight is 355 g/mol. The van der Waals surface area contributed by atoms with Crippen LogP contribution in [0.5, 0.6) is 5.75 Å². The highest BCUT2D eigenvalue weighted by atomic mass is 35.5. The molecular weight excluding hydrogens is 340 g/mol. The molecule has 1 saturated heterocycles. The number of hydrogen-bond donors (Lipinski definition) is 0. The maximum absolute atomic E-state index is 11.6. The van der Waals surface area contributed by atoms with Crippen molar-refractivity contribution in [1.82, 2.24) is 10.1 Å². The monoisotopic (exact) mass is 354 g/mol. The van der Waals surface area contributed by atoms with Gasteiger partial charge >= 0.3 is 0 Å². The van der Waals surface area contributed by atoms with Crippen LogP contribution in [0, 0.1) is 0 Å². The van der Waals surface area contributed by atoms with Crippen LogP contribution in [0.2, 0.25) is 5.02 Å². The minimum Gasteiger partial charge on any atom is -0.492 e. The zero-order valence-electron chi connectivity index (χ0n) is 12.2. The molecule has 1 aromatic heterocycles. The molecule has 0 amide bonds. The largest absolute Gasteiger partial charge is 0.492 e. The Balaban J connectivity index is 1.54. The first-order chi connectivity index (χ1) is 11.0. The van der Waals surface area contributed by atoms with Crippen LogP contribution in [-0.4, -0.2) is 36.7 Å². The van der Waals surface area contributed by atoms with Crippen molar-refractivity contribution < 1.29 is 17.7 Å². The van der Waals surface area contributed by atoms with E-state index >= 15 is 0 Å². The van der Waals surface area contributed by atoms with Gasteiger partial charge in [-0.05, 0) is 36.6 Å². The standard InChI is InChI=1S/C15H15ClN2O4S/c16-12-1-2-13-10(6-12)5-11(7-21-13)15-17-14(18-22-15)9-3-4-23(19,20)8-9/h1-2,6,9,11H,3-5,7-8H2. The zero-order valence-corrected chi connectivity index (χ0v) is 13.8. The summed E-state index contributed by atoms with van der Waals surface area (Å²) in [5, 5.41) is 4.64. The van der Waals surface area contributed by atoms with Crippen LogP contribution < -0.4 is 4.74 Å². The molecule has 1 aromatic carbocycles. The summed E-state index contributed by atoms with van der Waals surface area (Å²) < 4.78 is 34.2. The van der Waals surface area contributed by atoms with Crippen molar-refractivity contribution in [1.29, 1.82) is 0 Å². The SMILES string of the molecule is O=S1(=O)CCC(c2noc(C3COc4ccc(Cl)cc4C3)n2)C1. The molecule has 4 rings (SSSR count). The molecule has 0 spiro atoms. The van der Waals surface area contributed by atoms with Gasteiger partial charge in [-0.2, -0.15) is 4.98 Å². The highest BCUT2D eigenvalue weighted by molar-refractivity contribution is 7.91. The molecule has 0 aliphatic carbocycles. The first-order valence-electron chi connectivity index (χ1n) is 7.45. The first kappa shape index (κ1) is 15.0. The van der Waals surface area contributed by atoms with Crippen LogP contribution in [-0.2, 0) is 16.3 Å². The van der Waals surface area contributed by atoms with E-state index in [2.05, 4.69) is 10.1 Å². The molecule has 3 heterocycles. The van der Waals surface area contributed by atoms with E-state index in [4.69, 9.17) is 20.9 Å². The van der Waals surface area contributed by atoms with Gasteiger partial charge < -0.3 is 9.26 Å². The Labute approximate surface area is 138 Å². The van der Waals surface area contributed by atoms with Crippen LogP contribution in [0.1, 0.15) is 35.5 Å². The molecule has 23 heavy (non-hydrogen) atoms. The Morgan fingerprint density at radius 3 is 2.91 bits per heavy atom. The van der Waals surface area contributed by atoms with Gasteiger partial charge in [0.25, 0.3) is 0 Å². The minimum absolute atomic E-state index is 0.0415. The van der Waals surface area contributed by atoms with Crippen molar-refractivity contribution >= 4 is 21.4 Å². The fourth-order valence-electron chi connectivity index (χ4n) is 3.10. The summed E-state index contributed by atoms with van der Waals surface area (Å²) in [5.74, 6) is 1.90. The Morgan fingerprint density at radius 1 is 1.26 bits per heavy atom. The summed E-state index contributed by atoms with van der Waals surface area (Å²) in [5.41, 5.74) is 1.01. The molecule has 2 aromatic rings. The van der Waals surface area contributed by atoms with Gasteiger partial charge in [0, 0.05) is 10.9 Å². The summed E-state index contributed by atoms with van der Waals surface area (Å²) >= 11 is 6.02. The Kier molecular flexibility index (Phi) is 3.57. The summed E-state index contributed by atoms with van der Waals surface area (Å²) in [7, 11) is -2.96. The van der Waals surface area contributed by atoms with E-state index in [1.807, 2.05) is 12.1 Å². The molecule has 122 valence electrons. The second-order valence-electron chi connectivity index (χ2n) is 6.05. The molecule has 2 atom stereocenters. The fourth-order valence-corrected chi connectivity index (χ4v) is 5.03. The Bertz CT molecular complexity index is 849. The van der Waals surface area contributed by atoms with Crippen LogP contribution in [0.25, 0.3) is 0 Å². The maximum Gasteiger partial charge on any atom is 0.233 e. The van der Waals surface area contributed by atoms with E-state index < -0.39 is 9.84 Å². The lowest BCUT2D eigenvalue weighted by molar-refractivity contribution is 0.230. The Morgan fingerprint density at radius 2 is 2.13 bits per heavy atom. The van der Waals surface area contributed by atoms with E-state index in [-0.39, 0.29) is 23.3 Å². The molecule has 0 N–H and O–H groups in total. The zero-order chi connectivity index (χ0) is 16.0. The molecule has 1 fully saturated rings. The number of halogens is 1. The summed E-state index contributed by atoms with van der Waals surface area (Å²) in [6.45, 7) is 0.458. The minimum atomic E-state index is -2.96. The van der Waals surface area contributed by atoms with Gasteiger partial charge in [-0.15, -0.1) is 0 Å². The van der Waals surface area contributed by atoms with E-state index in [1.165, 1.54) is 0 Å². The molecule has 2 aliphatic rings. The van der Waals surface area contributed by atoms with Crippen molar-refractivity contribution in [3.8, 4) is 5.75 Å². The average Bonchev–Trinajstić information content (AvgIpc) is 3.13. The number of ether oxygens (including phenoxy) is 1. The van der Waals surface area contributed by atoms with E-state index in [0.717, 1.165) is 11.3 Å². The number of rotatable bonds is 2. The van der Waals surface area contributed by atoms with Gasteiger partial charge in [-0.3, -0.25) is 0 Å². The van der Waals surface area contributed by atoms with E-state index in [0.29, 0.717) is 36.2 Å². The van der Waals surface area contributed by atoms with Crippen LogP contribution in [0.3, 0.4) is 0 Å². The van der Waals surface area contributed by atoms with E-state index in [9.17, 15) is 8.42 Å². The third-order valence-electron chi connectivity index (χ3n) is 4.33. The van der Waals surface area contributed by atoms with E-state index in [1.54, 1.807) is 6.07 Å². The summed E-state index contributed by atoms with van der Waals surface area (Å²) in [6.07, 6.45) is 1.27. The van der Waals surface area contributed by atoms with Gasteiger partial charge in [0.1, 0.15) is 12.4 Å².